The first kappa shape index (κ1) is 26.1. The highest BCUT2D eigenvalue weighted by Gasteiger charge is 2.38. The topological polar surface area (TPSA) is 98.5 Å². The van der Waals surface area contributed by atoms with Crippen LogP contribution in [0.4, 0.5) is 5.69 Å². The number of ether oxygens (including phenoxy) is 2. The van der Waals surface area contributed by atoms with Gasteiger partial charge in [-0.05, 0) is 35.4 Å². The zero-order chi connectivity index (χ0) is 26.5. The molecule has 0 saturated carbocycles. The van der Waals surface area contributed by atoms with E-state index in [9.17, 15) is 9.90 Å². The SMILES string of the molecule is CC1C(CSc2nccn2C)OC(c2ccc(NC(=O)c3cccnc3)cc2)OC1c1ccc(CO)cc1. The number of thioether (sulfide) groups is 1. The van der Waals surface area contributed by atoms with Crippen LogP contribution in [0.5, 0.6) is 0 Å². The van der Waals surface area contributed by atoms with E-state index in [2.05, 4.69) is 22.2 Å². The summed E-state index contributed by atoms with van der Waals surface area (Å²) >= 11 is 1.66. The molecule has 5 rings (SSSR count). The summed E-state index contributed by atoms with van der Waals surface area (Å²) in [5.41, 5.74) is 3.92. The Morgan fingerprint density at radius 1 is 1.05 bits per heavy atom. The normalized spacial score (nSPS) is 21.2. The number of anilines is 1. The fourth-order valence-corrected chi connectivity index (χ4v) is 5.48. The lowest BCUT2D eigenvalue weighted by molar-refractivity contribution is -0.268. The third-order valence-corrected chi connectivity index (χ3v) is 7.79. The van der Waals surface area contributed by atoms with Gasteiger partial charge >= 0.3 is 0 Å². The summed E-state index contributed by atoms with van der Waals surface area (Å²) in [6.07, 6.45) is 6.02. The van der Waals surface area contributed by atoms with E-state index in [4.69, 9.17) is 9.47 Å². The number of hydrogen-bond donors (Lipinski definition) is 2. The number of rotatable bonds is 8. The number of imidazole rings is 1. The van der Waals surface area contributed by atoms with Crippen molar-refractivity contribution in [3.05, 3.63) is 108 Å². The minimum Gasteiger partial charge on any atom is -0.392 e. The van der Waals surface area contributed by atoms with Gasteiger partial charge in [0.05, 0.1) is 24.4 Å². The van der Waals surface area contributed by atoms with Crippen LogP contribution >= 0.6 is 11.8 Å². The predicted molar refractivity (Wildman–Crippen MR) is 146 cm³/mol. The van der Waals surface area contributed by atoms with Crippen LogP contribution < -0.4 is 5.32 Å². The highest BCUT2D eigenvalue weighted by atomic mass is 32.2. The van der Waals surface area contributed by atoms with Gasteiger partial charge in [0.1, 0.15) is 0 Å². The Morgan fingerprint density at radius 2 is 1.82 bits per heavy atom. The van der Waals surface area contributed by atoms with Crippen LogP contribution in [0.3, 0.4) is 0 Å². The first-order valence-corrected chi connectivity index (χ1v) is 13.4. The van der Waals surface area contributed by atoms with Gasteiger partial charge in [-0.2, -0.15) is 0 Å². The summed E-state index contributed by atoms with van der Waals surface area (Å²) in [5, 5.41) is 13.3. The van der Waals surface area contributed by atoms with E-state index in [1.807, 2.05) is 66.3 Å². The summed E-state index contributed by atoms with van der Waals surface area (Å²) in [6, 6.07) is 18.8. The third-order valence-electron chi connectivity index (χ3n) is 6.64. The molecule has 4 atom stereocenters. The van der Waals surface area contributed by atoms with E-state index >= 15 is 0 Å². The van der Waals surface area contributed by atoms with Gasteiger partial charge in [-0.15, -0.1) is 0 Å². The van der Waals surface area contributed by atoms with E-state index in [1.54, 1.807) is 36.3 Å². The number of aliphatic hydroxyl groups excluding tert-OH is 1. The molecule has 2 N–H and O–H groups in total. The number of aliphatic hydroxyl groups is 1. The number of carbonyl (C=O) groups is 1. The summed E-state index contributed by atoms with van der Waals surface area (Å²) in [7, 11) is 1.98. The zero-order valence-electron chi connectivity index (χ0n) is 21.2. The molecule has 1 amide bonds. The second kappa shape index (κ2) is 11.9. The maximum Gasteiger partial charge on any atom is 0.257 e. The molecule has 2 aromatic heterocycles. The Balaban J connectivity index is 1.34. The molecule has 0 bridgehead atoms. The Labute approximate surface area is 226 Å². The monoisotopic (exact) mass is 530 g/mol. The lowest BCUT2D eigenvalue weighted by atomic mass is 9.91. The van der Waals surface area contributed by atoms with Crippen LogP contribution in [0.25, 0.3) is 0 Å². The summed E-state index contributed by atoms with van der Waals surface area (Å²) < 4.78 is 15.0. The van der Waals surface area contributed by atoms with E-state index in [0.717, 1.165) is 27.6 Å². The maximum atomic E-state index is 12.5. The van der Waals surface area contributed by atoms with Gasteiger partial charge in [-0.3, -0.25) is 9.78 Å². The molecule has 4 unspecified atom stereocenters. The van der Waals surface area contributed by atoms with Crippen molar-refractivity contribution in [1.29, 1.82) is 0 Å². The maximum absolute atomic E-state index is 12.5. The number of nitrogens with one attached hydrogen (secondary N) is 1. The van der Waals surface area contributed by atoms with Crippen molar-refractivity contribution in [2.24, 2.45) is 13.0 Å². The van der Waals surface area contributed by atoms with Gasteiger partial charge in [0, 0.05) is 54.8 Å². The van der Waals surface area contributed by atoms with Crippen molar-refractivity contribution in [3.63, 3.8) is 0 Å². The lowest BCUT2D eigenvalue weighted by Crippen LogP contribution is -2.38. The Bertz CT molecular complexity index is 1350. The number of pyridine rings is 1. The molecule has 196 valence electrons. The average molecular weight is 531 g/mol. The molecule has 0 aliphatic carbocycles. The van der Waals surface area contributed by atoms with Crippen molar-refractivity contribution >= 4 is 23.4 Å². The number of amides is 1. The zero-order valence-corrected chi connectivity index (χ0v) is 22.0. The molecule has 0 radical (unpaired) electrons. The fraction of sp³-hybridized carbons (Fsp3) is 0.276. The smallest absolute Gasteiger partial charge is 0.257 e. The third kappa shape index (κ3) is 5.97. The highest BCUT2D eigenvalue weighted by Crippen LogP contribution is 2.43. The number of carbonyl (C=O) groups excluding carboxylic acids is 1. The molecule has 0 spiro atoms. The van der Waals surface area contributed by atoms with E-state index in [0.29, 0.717) is 11.3 Å². The summed E-state index contributed by atoms with van der Waals surface area (Å²) in [4.78, 5) is 20.9. The molecule has 1 aliphatic rings. The molecule has 1 fully saturated rings. The summed E-state index contributed by atoms with van der Waals surface area (Å²) in [5.74, 6) is 0.579. The van der Waals surface area contributed by atoms with Crippen molar-refractivity contribution in [2.45, 2.75) is 37.2 Å². The Hall–Kier alpha value is -3.50. The van der Waals surface area contributed by atoms with Gasteiger partial charge in [0.15, 0.2) is 11.4 Å². The van der Waals surface area contributed by atoms with Gasteiger partial charge in [-0.1, -0.05) is 55.1 Å². The molecule has 38 heavy (non-hydrogen) atoms. The molecule has 1 aliphatic heterocycles. The first-order valence-electron chi connectivity index (χ1n) is 12.4. The van der Waals surface area contributed by atoms with Crippen LogP contribution in [0, 0.1) is 5.92 Å². The quantitative estimate of drug-likeness (QED) is 0.304. The lowest BCUT2D eigenvalue weighted by Gasteiger charge is -2.41. The number of hydrogen-bond acceptors (Lipinski definition) is 7. The average Bonchev–Trinajstić information content (AvgIpc) is 3.38. The van der Waals surface area contributed by atoms with Gasteiger partial charge in [0.2, 0.25) is 0 Å². The first-order chi connectivity index (χ1) is 18.5. The van der Waals surface area contributed by atoms with Crippen molar-refractivity contribution in [1.82, 2.24) is 14.5 Å². The fourth-order valence-electron chi connectivity index (χ4n) is 4.38. The van der Waals surface area contributed by atoms with E-state index < -0.39 is 6.29 Å². The molecule has 1 saturated heterocycles. The Kier molecular flexibility index (Phi) is 8.19. The Morgan fingerprint density at radius 3 is 2.47 bits per heavy atom. The second-order valence-electron chi connectivity index (χ2n) is 9.27. The highest BCUT2D eigenvalue weighted by molar-refractivity contribution is 7.99. The van der Waals surface area contributed by atoms with Crippen LogP contribution in [0.15, 0.2) is 90.6 Å². The molecule has 2 aromatic carbocycles. The molecular formula is C29H30N4O4S. The number of aryl methyl sites for hydroxylation is 1. The largest absolute Gasteiger partial charge is 0.392 e. The number of aromatic nitrogens is 3. The second-order valence-corrected chi connectivity index (χ2v) is 10.3. The van der Waals surface area contributed by atoms with Crippen molar-refractivity contribution in [2.75, 3.05) is 11.1 Å². The van der Waals surface area contributed by atoms with E-state index in [1.165, 1.54) is 6.20 Å². The minimum atomic E-state index is -0.580. The van der Waals surface area contributed by atoms with Crippen LogP contribution in [-0.2, 0) is 23.1 Å². The van der Waals surface area contributed by atoms with Crippen LogP contribution in [-0.4, -0.2) is 37.4 Å². The summed E-state index contributed by atoms with van der Waals surface area (Å²) in [6.45, 7) is 2.14. The molecule has 4 aromatic rings. The minimum absolute atomic E-state index is 0.000303. The molecule has 9 heteroatoms. The van der Waals surface area contributed by atoms with Gasteiger partial charge < -0.3 is 24.5 Å². The molecule has 8 nitrogen and oxygen atoms in total. The van der Waals surface area contributed by atoms with Gasteiger partial charge in [0.25, 0.3) is 5.91 Å². The van der Waals surface area contributed by atoms with Crippen molar-refractivity contribution in [3.8, 4) is 0 Å². The van der Waals surface area contributed by atoms with Crippen LogP contribution in [0.1, 0.15) is 46.4 Å². The standard InChI is InChI=1S/C29H30N4O4S/c1-19-25(18-38-29-31-14-15-33(29)2)36-28(37-26(19)21-7-5-20(17-34)6-8-21)22-9-11-24(12-10-22)32-27(35)23-4-3-13-30-16-23/h3-16,19,25-26,28,34H,17-18H2,1-2H3,(H,32,35). The predicted octanol–water partition coefficient (Wildman–Crippen LogP) is 5.14. The van der Waals surface area contributed by atoms with Crippen LogP contribution in [0.2, 0.25) is 0 Å². The van der Waals surface area contributed by atoms with Gasteiger partial charge in [-0.25, -0.2) is 4.98 Å². The number of benzene rings is 2. The molecule has 3 heterocycles. The molecular weight excluding hydrogens is 500 g/mol. The van der Waals surface area contributed by atoms with E-state index in [-0.39, 0.29) is 30.6 Å². The van der Waals surface area contributed by atoms with Crippen molar-refractivity contribution < 1.29 is 19.4 Å². The number of nitrogens with zero attached hydrogens (tertiary/aromatic N) is 3.